The summed E-state index contributed by atoms with van der Waals surface area (Å²) >= 11 is 0. The van der Waals surface area contributed by atoms with E-state index in [0.29, 0.717) is 11.3 Å². The number of anilines is 1. The number of rotatable bonds is 4. The zero-order valence-electron chi connectivity index (χ0n) is 11.2. The summed E-state index contributed by atoms with van der Waals surface area (Å²) in [5, 5.41) is 4.96. The van der Waals surface area contributed by atoms with Crippen molar-refractivity contribution in [1.82, 2.24) is 0 Å². The quantitative estimate of drug-likeness (QED) is 0.816. The fourth-order valence-electron chi connectivity index (χ4n) is 1.70. The third-order valence-electron chi connectivity index (χ3n) is 2.74. The van der Waals surface area contributed by atoms with Gasteiger partial charge in [-0.2, -0.15) is 0 Å². The van der Waals surface area contributed by atoms with Crippen LogP contribution < -0.4 is 9.86 Å². The maximum absolute atomic E-state index is 12.2. The van der Waals surface area contributed by atoms with E-state index in [9.17, 15) is 16.8 Å². The molecule has 2 rings (SSSR count). The molecule has 2 aromatic rings. The minimum Gasteiger partial charge on any atom is -0.280 e. The first-order valence-electron chi connectivity index (χ1n) is 5.95. The molecule has 0 saturated carbocycles. The molecule has 0 aliphatic rings. The van der Waals surface area contributed by atoms with Crippen molar-refractivity contribution in [1.29, 1.82) is 0 Å². The molecular weight excluding hydrogens is 324 g/mol. The van der Waals surface area contributed by atoms with Gasteiger partial charge in [0.15, 0.2) is 0 Å². The molecule has 2 aromatic carbocycles. The maximum atomic E-state index is 12.2. The van der Waals surface area contributed by atoms with Gasteiger partial charge in [0.05, 0.1) is 15.5 Å². The van der Waals surface area contributed by atoms with E-state index in [-0.39, 0.29) is 9.79 Å². The van der Waals surface area contributed by atoms with Crippen LogP contribution in [0.15, 0.2) is 58.3 Å². The molecule has 0 atom stereocenters. The van der Waals surface area contributed by atoms with E-state index in [4.69, 9.17) is 11.6 Å². The summed E-state index contributed by atoms with van der Waals surface area (Å²) in [5.41, 5.74) is 0.843. The minimum absolute atomic E-state index is 0.0917. The van der Waals surface area contributed by atoms with Gasteiger partial charge in [0.25, 0.3) is 10.0 Å². The molecule has 6 nitrogen and oxygen atoms in total. The summed E-state index contributed by atoms with van der Waals surface area (Å²) in [6.45, 7) is 0. The molecule has 0 aromatic heterocycles. The van der Waals surface area contributed by atoms with Crippen LogP contribution in [0, 0.1) is 12.3 Å². The SMILES string of the molecule is C#Cc1cccc(NS(=O)(=O)c2ccc(S(N)(=O)=O)cc2)c1. The predicted octanol–water partition coefficient (Wildman–Crippen LogP) is 1.12. The van der Waals surface area contributed by atoms with Gasteiger partial charge in [-0.25, -0.2) is 22.0 Å². The zero-order valence-corrected chi connectivity index (χ0v) is 12.9. The van der Waals surface area contributed by atoms with Crippen molar-refractivity contribution >= 4 is 25.7 Å². The van der Waals surface area contributed by atoms with Crippen molar-refractivity contribution in [3.63, 3.8) is 0 Å². The van der Waals surface area contributed by atoms with Gasteiger partial charge in [-0.3, -0.25) is 4.72 Å². The van der Waals surface area contributed by atoms with E-state index >= 15 is 0 Å². The van der Waals surface area contributed by atoms with Gasteiger partial charge < -0.3 is 0 Å². The van der Waals surface area contributed by atoms with Crippen LogP contribution in [0.5, 0.6) is 0 Å². The third-order valence-corrected chi connectivity index (χ3v) is 5.07. The van der Waals surface area contributed by atoms with Gasteiger partial charge in [0.1, 0.15) is 0 Å². The van der Waals surface area contributed by atoms with Crippen molar-refractivity contribution in [2.24, 2.45) is 5.14 Å². The standard InChI is InChI=1S/C14H12N2O4S2/c1-2-11-4-3-5-12(10-11)16-22(19,20)14-8-6-13(7-9-14)21(15,17)18/h1,3-10,16H,(H2,15,17,18). The number of hydrogen-bond donors (Lipinski definition) is 2. The van der Waals surface area contributed by atoms with E-state index in [0.717, 1.165) is 24.3 Å². The lowest BCUT2D eigenvalue weighted by Gasteiger charge is -2.09. The van der Waals surface area contributed by atoms with E-state index in [1.54, 1.807) is 18.2 Å². The van der Waals surface area contributed by atoms with Crippen LogP contribution >= 0.6 is 0 Å². The molecule has 0 aliphatic carbocycles. The largest absolute Gasteiger partial charge is 0.280 e. The van der Waals surface area contributed by atoms with Crippen LogP contribution in [0.2, 0.25) is 0 Å². The molecule has 0 aliphatic heterocycles. The summed E-state index contributed by atoms with van der Waals surface area (Å²) in [6.07, 6.45) is 5.26. The second-order valence-electron chi connectivity index (χ2n) is 4.35. The highest BCUT2D eigenvalue weighted by Gasteiger charge is 2.16. The number of nitrogens with two attached hydrogens (primary N) is 1. The molecule has 3 N–H and O–H groups in total. The Morgan fingerprint density at radius 2 is 1.55 bits per heavy atom. The van der Waals surface area contributed by atoms with Crippen LogP contribution in [-0.4, -0.2) is 16.8 Å². The van der Waals surface area contributed by atoms with E-state index in [1.807, 2.05) is 0 Å². The fourth-order valence-corrected chi connectivity index (χ4v) is 3.26. The summed E-state index contributed by atoms with van der Waals surface area (Å²) in [6, 6.07) is 10.9. The number of nitrogens with one attached hydrogen (secondary N) is 1. The lowest BCUT2D eigenvalue weighted by atomic mass is 10.2. The lowest BCUT2D eigenvalue weighted by molar-refractivity contribution is 0.595. The minimum atomic E-state index is -3.87. The van der Waals surface area contributed by atoms with Crippen molar-refractivity contribution in [3.05, 3.63) is 54.1 Å². The molecule has 22 heavy (non-hydrogen) atoms. The van der Waals surface area contributed by atoms with Gasteiger partial charge in [-0.05, 0) is 42.5 Å². The lowest BCUT2D eigenvalue weighted by Crippen LogP contribution is -2.15. The second kappa shape index (κ2) is 5.81. The van der Waals surface area contributed by atoms with Crippen molar-refractivity contribution in [3.8, 4) is 12.3 Å². The number of hydrogen-bond acceptors (Lipinski definition) is 4. The first-order chi connectivity index (χ1) is 10.2. The Morgan fingerprint density at radius 3 is 2.09 bits per heavy atom. The van der Waals surface area contributed by atoms with Crippen LogP contribution in [0.4, 0.5) is 5.69 Å². The molecule has 0 radical (unpaired) electrons. The van der Waals surface area contributed by atoms with Crippen LogP contribution in [0.3, 0.4) is 0 Å². The molecule has 114 valence electrons. The Balaban J connectivity index is 2.33. The molecule has 0 amide bonds. The predicted molar refractivity (Wildman–Crippen MR) is 83.0 cm³/mol. The number of sulfonamides is 2. The number of benzene rings is 2. The van der Waals surface area contributed by atoms with Crippen molar-refractivity contribution in [2.45, 2.75) is 9.79 Å². The van der Waals surface area contributed by atoms with Gasteiger partial charge in [0.2, 0.25) is 10.0 Å². The highest BCUT2D eigenvalue weighted by molar-refractivity contribution is 7.92. The fraction of sp³-hybridized carbons (Fsp3) is 0. The van der Waals surface area contributed by atoms with Gasteiger partial charge in [-0.1, -0.05) is 12.0 Å². The molecule has 0 spiro atoms. The van der Waals surface area contributed by atoms with E-state index in [2.05, 4.69) is 10.6 Å². The van der Waals surface area contributed by atoms with E-state index < -0.39 is 20.0 Å². The number of terminal acetylenes is 1. The monoisotopic (exact) mass is 336 g/mol. The summed E-state index contributed by atoms with van der Waals surface area (Å²) < 4.78 is 49.1. The summed E-state index contributed by atoms with van der Waals surface area (Å²) in [4.78, 5) is -0.258. The Labute approximate surface area is 129 Å². The third kappa shape index (κ3) is 3.65. The zero-order chi connectivity index (χ0) is 16.4. The molecule has 0 unspecified atom stereocenters. The maximum Gasteiger partial charge on any atom is 0.261 e. The Kier molecular flexibility index (Phi) is 4.23. The first-order valence-corrected chi connectivity index (χ1v) is 8.98. The average molecular weight is 336 g/mol. The van der Waals surface area contributed by atoms with Crippen LogP contribution in [0.1, 0.15) is 5.56 Å². The highest BCUT2D eigenvalue weighted by atomic mass is 32.2. The van der Waals surface area contributed by atoms with Crippen molar-refractivity contribution < 1.29 is 16.8 Å². The van der Waals surface area contributed by atoms with Crippen LogP contribution in [0.25, 0.3) is 0 Å². The Bertz CT molecular complexity index is 941. The summed E-state index contributed by atoms with van der Waals surface area (Å²) in [7, 11) is -7.73. The molecule has 0 heterocycles. The normalized spacial score (nSPS) is 11.6. The van der Waals surface area contributed by atoms with Gasteiger partial charge in [0, 0.05) is 5.56 Å². The summed E-state index contributed by atoms with van der Waals surface area (Å²) in [5.74, 6) is 2.40. The van der Waals surface area contributed by atoms with Gasteiger partial charge in [-0.15, -0.1) is 6.42 Å². The van der Waals surface area contributed by atoms with Crippen molar-refractivity contribution in [2.75, 3.05) is 4.72 Å². The van der Waals surface area contributed by atoms with Crippen LogP contribution in [-0.2, 0) is 20.0 Å². The smallest absolute Gasteiger partial charge is 0.261 e. The first kappa shape index (κ1) is 16.0. The highest BCUT2D eigenvalue weighted by Crippen LogP contribution is 2.18. The molecular formula is C14H12N2O4S2. The Hall–Kier alpha value is -2.34. The molecule has 0 saturated heterocycles. The average Bonchev–Trinajstić information content (AvgIpc) is 2.46. The number of primary sulfonamides is 1. The molecule has 0 fully saturated rings. The molecule has 8 heteroatoms. The second-order valence-corrected chi connectivity index (χ2v) is 7.59. The van der Waals surface area contributed by atoms with E-state index in [1.165, 1.54) is 6.07 Å². The molecule has 0 bridgehead atoms. The van der Waals surface area contributed by atoms with Gasteiger partial charge >= 0.3 is 0 Å². The topological polar surface area (TPSA) is 106 Å². The Morgan fingerprint density at radius 1 is 0.955 bits per heavy atom.